The molecule has 226 valence electrons. The molecule has 4 heterocycles. The highest BCUT2D eigenvalue weighted by Crippen LogP contribution is 2.36. The fourth-order valence-corrected chi connectivity index (χ4v) is 6.71. The summed E-state index contributed by atoms with van der Waals surface area (Å²) in [6, 6.07) is 16.9. The summed E-state index contributed by atoms with van der Waals surface area (Å²) in [4.78, 5) is 50.7. The van der Waals surface area contributed by atoms with Crippen LogP contribution >= 0.6 is 0 Å². The molecule has 2 fully saturated rings. The van der Waals surface area contributed by atoms with E-state index in [9.17, 15) is 14.4 Å². The summed E-state index contributed by atoms with van der Waals surface area (Å²) in [5, 5.41) is 6.43. The Morgan fingerprint density at radius 1 is 1.00 bits per heavy atom. The number of aromatic nitrogens is 2. The Balaban J connectivity index is 1.17. The van der Waals surface area contributed by atoms with Crippen molar-refractivity contribution in [3.05, 3.63) is 78.1 Å². The van der Waals surface area contributed by atoms with Gasteiger partial charge in [0.15, 0.2) is 0 Å². The predicted molar refractivity (Wildman–Crippen MR) is 164 cm³/mol. The summed E-state index contributed by atoms with van der Waals surface area (Å²) in [5.41, 5.74) is 2.29. The third-order valence-electron chi connectivity index (χ3n) is 9.38. The van der Waals surface area contributed by atoms with Crippen LogP contribution in [-0.4, -0.2) is 71.0 Å². The lowest BCUT2D eigenvalue weighted by Gasteiger charge is -2.40. The molecule has 0 saturated carbocycles. The second kappa shape index (κ2) is 13.1. The van der Waals surface area contributed by atoms with Gasteiger partial charge in [-0.3, -0.25) is 14.4 Å². The van der Waals surface area contributed by atoms with E-state index in [0.29, 0.717) is 71.2 Å². The molecule has 1 aromatic heterocycles. The Bertz CT molecular complexity index is 1430. The second-order valence-corrected chi connectivity index (χ2v) is 12.2. The maximum absolute atomic E-state index is 13.8. The van der Waals surface area contributed by atoms with E-state index in [1.165, 1.54) is 0 Å². The Kier molecular flexibility index (Phi) is 8.88. The second-order valence-electron chi connectivity index (χ2n) is 12.2. The van der Waals surface area contributed by atoms with Gasteiger partial charge in [-0.1, -0.05) is 54.6 Å². The molecule has 0 unspecified atom stereocenters. The first-order valence-corrected chi connectivity index (χ1v) is 15.6. The molecule has 1 spiro atoms. The van der Waals surface area contributed by atoms with Gasteiger partial charge in [0.1, 0.15) is 11.9 Å². The van der Waals surface area contributed by atoms with Crippen LogP contribution in [0.2, 0.25) is 0 Å². The molecule has 9 heteroatoms. The van der Waals surface area contributed by atoms with Crippen LogP contribution in [0.1, 0.15) is 49.9 Å². The Labute approximate surface area is 252 Å². The van der Waals surface area contributed by atoms with E-state index in [0.717, 1.165) is 28.8 Å². The zero-order chi connectivity index (χ0) is 29.6. The minimum absolute atomic E-state index is 0.0708. The van der Waals surface area contributed by atoms with Crippen molar-refractivity contribution in [3.8, 4) is 0 Å². The predicted octanol–water partition coefficient (Wildman–Crippen LogP) is 3.70. The number of benzene rings is 2. The smallest absolute Gasteiger partial charge is 0.243 e. The molecule has 0 bridgehead atoms. The zero-order valence-electron chi connectivity index (χ0n) is 24.6. The highest BCUT2D eigenvalue weighted by atomic mass is 16.5. The summed E-state index contributed by atoms with van der Waals surface area (Å²) in [7, 11) is 0. The highest BCUT2D eigenvalue weighted by molar-refractivity contribution is 5.90. The molecule has 3 amide bonds. The fraction of sp³-hybridized carbons (Fsp3) is 0.471. The van der Waals surface area contributed by atoms with E-state index in [1.807, 2.05) is 59.5 Å². The number of hydrogen-bond donors (Lipinski definition) is 3. The lowest BCUT2D eigenvalue weighted by atomic mass is 9.75. The molecule has 3 aliphatic rings. The number of aromatic amines is 1. The number of hydrogen-bond acceptors (Lipinski definition) is 5. The number of nitrogens with one attached hydrogen (secondary N) is 3. The maximum atomic E-state index is 13.8. The van der Waals surface area contributed by atoms with Crippen LogP contribution in [0.25, 0.3) is 11.0 Å². The monoisotopic (exact) mass is 583 g/mol. The molecule has 3 atom stereocenters. The van der Waals surface area contributed by atoms with Gasteiger partial charge in [-0.2, -0.15) is 0 Å². The van der Waals surface area contributed by atoms with Crippen LogP contribution in [0.5, 0.6) is 0 Å². The van der Waals surface area contributed by atoms with Gasteiger partial charge in [-0.15, -0.1) is 0 Å². The molecule has 9 nitrogen and oxygen atoms in total. The van der Waals surface area contributed by atoms with Gasteiger partial charge in [0.05, 0.1) is 16.4 Å². The van der Waals surface area contributed by atoms with Gasteiger partial charge in [0, 0.05) is 57.5 Å². The lowest BCUT2D eigenvalue weighted by molar-refractivity contribution is -0.140. The summed E-state index contributed by atoms with van der Waals surface area (Å²) in [6.07, 6.45) is 8.90. The first kappa shape index (κ1) is 29.1. The van der Waals surface area contributed by atoms with Crippen molar-refractivity contribution in [2.75, 3.05) is 26.3 Å². The number of carbonyl (C=O) groups is 3. The lowest BCUT2D eigenvalue weighted by Crippen LogP contribution is -2.58. The summed E-state index contributed by atoms with van der Waals surface area (Å²) in [5.74, 6) is 0.777. The summed E-state index contributed by atoms with van der Waals surface area (Å²) in [6.45, 7) is 2.24. The number of aryl methyl sites for hydroxylation is 1. The molecule has 6 rings (SSSR count). The van der Waals surface area contributed by atoms with Crippen molar-refractivity contribution in [2.24, 2.45) is 11.3 Å². The summed E-state index contributed by atoms with van der Waals surface area (Å²) < 4.78 is 5.60. The molecular formula is C34H41N5O4. The molecule has 3 aliphatic heterocycles. The molecule has 43 heavy (non-hydrogen) atoms. The van der Waals surface area contributed by atoms with Crippen LogP contribution in [0.4, 0.5) is 0 Å². The SMILES string of the molecule is O=C1N[C@H]2CCN(C(=O)CCc3nc4ccccc4[nH]3)C[C@H]2C/C=C/CC2(CCOCC2)C(=O)N[C@H]1Cc1ccccc1. The number of rotatable bonds is 5. The molecule has 2 aromatic carbocycles. The van der Waals surface area contributed by atoms with E-state index in [2.05, 4.69) is 32.8 Å². The van der Waals surface area contributed by atoms with E-state index >= 15 is 0 Å². The number of para-hydroxylation sites is 2. The average molecular weight is 584 g/mol. The number of allylic oxidation sites excluding steroid dienone is 2. The molecule has 0 radical (unpaired) electrons. The molecule has 0 aliphatic carbocycles. The van der Waals surface area contributed by atoms with E-state index < -0.39 is 11.5 Å². The number of ether oxygens (including phenoxy) is 1. The largest absolute Gasteiger partial charge is 0.381 e. The highest BCUT2D eigenvalue weighted by Gasteiger charge is 2.41. The Morgan fingerprint density at radius 2 is 1.79 bits per heavy atom. The molecule has 2 saturated heterocycles. The number of piperidine rings is 1. The third kappa shape index (κ3) is 6.82. The number of amides is 3. The van der Waals surface area contributed by atoms with Gasteiger partial charge in [0.2, 0.25) is 17.7 Å². The Morgan fingerprint density at radius 3 is 2.60 bits per heavy atom. The van der Waals surface area contributed by atoms with Crippen LogP contribution in [-0.2, 0) is 32.0 Å². The van der Waals surface area contributed by atoms with Crippen molar-refractivity contribution in [1.82, 2.24) is 25.5 Å². The van der Waals surface area contributed by atoms with Gasteiger partial charge in [-0.25, -0.2) is 4.98 Å². The van der Waals surface area contributed by atoms with Gasteiger partial charge in [0.25, 0.3) is 0 Å². The molecular weight excluding hydrogens is 542 g/mol. The first-order chi connectivity index (χ1) is 21.0. The quantitative estimate of drug-likeness (QED) is 0.396. The minimum Gasteiger partial charge on any atom is -0.381 e. The zero-order valence-corrected chi connectivity index (χ0v) is 24.6. The van der Waals surface area contributed by atoms with E-state index in [-0.39, 0.29) is 29.7 Å². The maximum Gasteiger partial charge on any atom is 0.243 e. The Hall–Kier alpha value is -3.98. The summed E-state index contributed by atoms with van der Waals surface area (Å²) >= 11 is 0. The third-order valence-corrected chi connectivity index (χ3v) is 9.38. The van der Waals surface area contributed by atoms with E-state index in [4.69, 9.17) is 4.74 Å². The number of fused-ring (bicyclic) bond motifs is 2. The van der Waals surface area contributed by atoms with Crippen molar-refractivity contribution in [1.29, 1.82) is 0 Å². The molecule has 3 N–H and O–H groups in total. The number of imidazole rings is 1. The first-order valence-electron chi connectivity index (χ1n) is 15.6. The van der Waals surface area contributed by atoms with Crippen LogP contribution in [0.3, 0.4) is 0 Å². The van der Waals surface area contributed by atoms with Gasteiger partial charge < -0.3 is 25.3 Å². The average Bonchev–Trinajstić information content (AvgIpc) is 3.46. The van der Waals surface area contributed by atoms with Crippen molar-refractivity contribution in [3.63, 3.8) is 0 Å². The number of nitrogens with zero attached hydrogens (tertiary/aromatic N) is 2. The standard InChI is InChI=1S/C34H41N5O4/c40-31(14-13-30-35-27-11-4-5-12-28(27)36-30)39-19-15-26-25(23-39)10-6-7-16-34(17-20-43-21-18-34)33(42)38-29(32(41)37-26)22-24-8-2-1-3-9-24/h1-9,11-12,25-26,29H,10,13-23H2,(H,35,36)(H,37,41)(H,38,42)/b7-6+/t25-,26+,29+/m1/s1. The van der Waals surface area contributed by atoms with Crippen LogP contribution < -0.4 is 10.6 Å². The fourth-order valence-electron chi connectivity index (χ4n) is 6.71. The molecule has 3 aromatic rings. The van der Waals surface area contributed by atoms with E-state index in [1.54, 1.807) is 0 Å². The number of likely N-dealkylation sites (tertiary alicyclic amines) is 1. The topological polar surface area (TPSA) is 116 Å². The minimum atomic E-state index is -0.679. The van der Waals surface area contributed by atoms with Crippen molar-refractivity contribution < 1.29 is 19.1 Å². The van der Waals surface area contributed by atoms with Crippen molar-refractivity contribution >= 4 is 28.8 Å². The van der Waals surface area contributed by atoms with Gasteiger partial charge in [-0.05, 0) is 49.8 Å². The van der Waals surface area contributed by atoms with Crippen molar-refractivity contribution in [2.45, 2.75) is 63.5 Å². The number of carbonyl (C=O) groups excluding carboxylic acids is 3. The normalized spacial score (nSPS) is 25.2. The van der Waals surface area contributed by atoms with Crippen LogP contribution in [0.15, 0.2) is 66.7 Å². The van der Waals surface area contributed by atoms with Gasteiger partial charge >= 0.3 is 0 Å². The number of H-pyrrole nitrogens is 1. The van der Waals surface area contributed by atoms with Crippen LogP contribution in [0, 0.1) is 11.3 Å².